The molecule has 0 atom stereocenters. The topological polar surface area (TPSA) is 82.9 Å². The summed E-state index contributed by atoms with van der Waals surface area (Å²) in [4.78, 5) is 33.2. The monoisotopic (exact) mass is 696 g/mol. The van der Waals surface area contributed by atoms with Gasteiger partial charge >= 0.3 is 20.4 Å². The number of aliphatic imine (C=N–C) groups is 2. The molecule has 2 N–H and O–H groups in total. The van der Waals surface area contributed by atoms with E-state index in [9.17, 15) is 9.59 Å². The van der Waals surface area contributed by atoms with Crippen LogP contribution in [0.1, 0.15) is 92.2 Å². The Labute approximate surface area is 274 Å². The van der Waals surface area contributed by atoms with Crippen molar-refractivity contribution >= 4 is 23.5 Å². The van der Waals surface area contributed by atoms with Crippen molar-refractivity contribution in [3.8, 4) is 0 Å². The molecule has 0 spiro atoms. The number of nitrogens with zero attached hydrogens (tertiary/aromatic N) is 2. The zero-order valence-electron chi connectivity index (χ0n) is 25.8. The number of hydrogen-bond donors (Lipinski definition) is 2. The van der Waals surface area contributed by atoms with Crippen molar-refractivity contribution in [2.75, 3.05) is 13.1 Å². The first-order valence-electron chi connectivity index (χ1n) is 13.7. The molecule has 6 nitrogen and oxygen atoms in total. The molecular weight excluding hydrogens is 650 g/mol. The number of carbonyl (C=O) groups excluding carboxylic acids is 2. The summed E-state index contributed by atoms with van der Waals surface area (Å²) in [6.07, 6.45) is 4.25. The number of halogens is 2. The molecule has 2 aromatic carbocycles. The number of benzene rings is 2. The standard InChI is InChI=1S/2C16H24N2O.2ClH.Pd/c2*1-5-6-12-17-14(13-10-8-7-9-11-13)18-15(19)16(2,3)4;;;/h2*7-11H,5-6,12H2,1-4H3,(H,17,18,19);2*1H;/q;;;;+2/p-2. The van der Waals surface area contributed by atoms with Gasteiger partial charge in [0.2, 0.25) is 11.8 Å². The Morgan fingerprint density at radius 1 is 0.610 bits per heavy atom. The number of hydrogen-bond acceptors (Lipinski definition) is 4. The molecule has 0 saturated carbocycles. The summed E-state index contributed by atoms with van der Waals surface area (Å²) in [5, 5.41) is 5.89. The third-order valence-corrected chi connectivity index (χ3v) is 5.48. The van der Waals surface area contributed by atoms with E-state index in [0.717, 1.165) is 49.9 Å². The van der Waals surface area contributed by atoms with Crippen molar-refractivity contribution in [1.29, 1.82) is 0 Å². The fourth-order valence-corrected chi connectivity index (χ4v) is 2.89. The Bertz CT molecular complexity index is 963. The van der Waals surface area contributed by atoms with Gasteiger partial charge in [-0.15, -0.1) is 0 Å². The summed E-state index contributed by atoms with van der Waals surface area (Å²) in [5.41, 5.74) is 1.08. The van der Waals surface area contributed by atoms with Gasteiger partial charge in [-0.2, -0.15) is 0 Å². The molecule has 0 aliphatic carbocycles. The van der Waals surface area contributed by atoms with Crippen LogP contribution in [-0.2, 0) is 30.0 Å². The molecule has 0 fully saturated rings. The number of unbranched alkanes of at least 4 members (excludes halogenated alkanes) is 2. The molecule has 2 rings (SSSR count). The van der Waals surface area contributed by atoms with Crippen LogP contribution in [0.5, 0.6) is 0 Å². The van der Waals surface area contributed by atoms with Gasteiger partial charge < -0.3 is 35.4 Å². The summed E-state index contributed by atoms with van der Waals surface area (Å²) in [6.45, 7) is 17.1. The van der Waals surface area contributed by atoms with Gasteiger partial charge in [-0.3, -0.25) is 19.6 Å². The second kappa shape index (κ2) is 22.5. The number of carbonyl (C=O) groups is 2. The van der Waals surface area contributed by atoms with Gasteiger partial charge in [0.25, 0.3) is 0 Å². The Kier molecular flexibility index (Phi) is 23.9. The predicted octanol–water partition coefficient (Wildman–Crippen LogP) is 0.797. The molecule has 0 aromatic heterocycles. The van der Waals surface area contributed by atoms with Crippen molar-refractivity contribution in [1.82, 2.24) is 10.6 Å². The van der Waals surface area contributed by atoms with E-state index < -0.39 is 10.8 Å². The van der Waals surface area contributed by atoms with E-state index >= 15 is 0 Å². The molecule has 9 heteroatoms. The average molecular weight is 698 g/mol. The van der Waals surface area contributed by atoms with E-state index in [4.69, 9.17) is 0 Å². The molecule has 0 aliphatic heterocycles. The van der Waals surface area contributed by atoms with Crippen LogP contribution >= 0.6 is 0 Å². The van der Waals surface area contributed by atoms with Gasteiger partial charge in [0.1, 0.15) is 11.7 Å². The first-order valence-corrected chi connectivity index (χ1v) is 13.7. The van der Waals surface area contributed by atoms with Crippen molar-refractivity contribution < 1.29 is 54.8 Å². The van der Waals surface area contributed by atoms with Crippen LogP contribution < -0.4 is 35.4 Å². The third-order valence-electron chi connectivity index (χ3n) is 5.48. The van der Waals surface area contributed by atoms with Crippen molar-refractivity contribution in [2.24, 2.45) is 20.8 Å². The minimum Gasteiger partial charge on any atom is -1.00 e. The first-order chi connectivity index (χ1) is 17.9. The summed E-state index contributed by atoms with van der Waals surface area (Å²) < 4.78 is 0. The third kappa shape index (κ3) is 18.2. The first kappa shape index (κ1) is 43.4. The number of rotatable bonds is 8. The molecule has 0 aliphatic rings. The normalized spacial score (nSPS) is 11.4. The van der Waals surface area contributed by atoms with Crippen LogP contribution in [0.15, 0.2) is 70.6 Å². The summed E-state index contributed by atoms with van der Waals surface area (Å²) >= 11 is 0. The molecule has 2 aromatic rings. The van der Waals surface area contributed by atoms with Crippen LogP contribution in [0.2, 0.25) is 0 Å². The minimum absolute atomic E-state index is 0. The fraction of sp³-hybridized carbons (Fsp3) is 0.500. The average Bonchev–Trinajstić information content (AvgIpc) is 2.88. The molecule has 0 bridgehead atoms. The molecule has 41 heavy (non-hydrogen) atoms. The summed E-state index contributed by atoms with van der Waals surface area (Å²) in [7, 11) is 0. The fourth-order valence-electron chi connectivity index (χ4n) is 2.89. The van der Waals surface area contributed by atoms with E-state index in [0.29, 0.717) is 11.7 Å². The van der Waals surface area contributed by atoms with E-state index in [1.54, 1.807) is 0 Å². The van der Waals surface area contributed by atoms with Gasteiger partial charge in [-0.25, -0.2) is 0 Å². The maximum Gasteiger partial charge on any atom is 2.00 e. The van der Waals surface area contributed by atoms with Crippen molar-refractivity contribution in [3.63, 3.8) is 0 Å². The van der Waals surface area contributed by atoms with Crippen LogP contribution in [0.3, 0.4) is 0 Å². The van der Waals surface area contributed by atoms with E-state index in [-0.39, 0.29) is 57.1 Å². The second-order valence-corrected chi connectivity index (χ2v) is 11.3. The Balaban J connectivity index is -0.000000656. The molecular formula is C32H48Cl2N4O2Pd. The SMILES string of the molecule is CCCCN=C(NC(=O)C(C)(C)C)c1ccccc1.CCCCN=C(NC(=O)C(C)(C)C)c1ccccc1.[Cl-].[Cl-].[Pd+2]. The largest absolute Gasteiger partial charge is 2.00 e. The van der Waals surface area contributed by atoms with Gasteiger partial charge in [0.05, 0.1) is 0 Å². The zero-order valence-corrected chi connectivity index (χ0v) is 28.9. The maximum atomic E-state index is 12.1. The quantitative estimate of drug-likeness (QED) is 0.185. The zero-order chi connectivity index (χ0) is 28.6. The van der Waals surface area contributed by atoms with E-state index in [1.165, 1.54) is 0 Å². The summed E-state index contributed by atoms with van der Waals surface area (Å²) in [6, 6.07) is 19.6. The van der Waals surface area contributed by atoms with E-state index in [2.05, 4.69) is 34.5 Å². The van der Waals surface area contributed by atoms with E-state index in [1.807, 2.05) is 102 Å². The van der Waals surface area contributed by atoms with Gasteiger partial charge in [-0.05, 0) is 12.8 Å². The molecule has 0 unspecified atom stereocenters. The van der Waals surface area contributed by atoms with Crippen LogP contribution in [0.4, 0.5) is 0 Å². The van der Waals surface area contributed by atoms with Gasteiger partial charge in [0, 0.05) is 35.0 Å². The summed E-state index contributed by atoms with van der Waals surface area (Å²) in [5.74, 6) is 1.33. The number of amides is 2. The second-order valence-electron chi connectivity index (χ2n) is 11.3. The molecule has 0 radical (unpaired) electrons. The van der Waals surface area contributed by atoms with Crippen LogP contribution in [0.25, 0.3) is 0 Å². The molecule has 232 valence electrons. The van der Waals surface area contributed by atoms with Crippen molar-refractivity contribution in [2.45, 2.75) is 81.1 Å². The van der Waals surface area contributed by atoms with Crippen molar-refractivity contribution in [3.05, 3.63) is 71.8 Å². The van der Waals surface area contributed by atoms with Gasteiger partial charge in [-0.1, -0.05) is 129 Å². The maximum absolute atomic E-state index is 12.1. The molecule has 0 heterocycles. The Morgan fingerprint density at radius 2 is 0.902 bits per heavy atom. The smallest absolute Gasteiger partial charge is 1.00 e. The Hall–Kier alpha value is -2.04. The van der Waals surface area contributed by atoms with Crippen LogP contribution in [0, 0.1) is 10.8 Å². The number of amidine groups is 2. The molecule has 2 amide bonds. The minimum atomic E-state index is -0.416. The Morgan fingerprint density at radius 3 is 1.15 bits per heavy atom. The van der Waals surface area contributed by atoms with Gasteiger partial charge in [0.15, 0.2) is 0 Å². The molecule has 0 saturated heterocycles. The predicted molar refractivity (Wildman–Crippen MR) is 161 cm³/mol. The van der Waals surface area contributed by atoms with Crippen LogP contribution in [-0.4, -0.2) is 36.6 Å². The number of nitrogens with one attached hydrogen (secondary N) is 2.